The molecule has 0 aliphatic carbocycles. The normalized spacial score (nSPS) is 15.6. The average Bonchev–Trinajstić information content (AvgIpc) is 3.15. The lowest BCUT2D eigenvalue weighted by atomic mass is 9.99. The summed E-state index contributed by atoms with van der Waals surface area (Å²) in [6, 6.07) is 2.41. The van der Waals surface area contributed by atoms with Crippen molar-refractivity contribution in [3.8, 4) is 16.9 Å². The second kappa shape index (κ2) is 6.05. The molecule has 0 saturated carbocycles. The number of ether oxygens (including phenoxy) is 1. The molecule has 0 spiro atoms. The van der Waals surface area contributed by atoms with E-state index in [9.17, 15) is 14.7 Å². The molecule has 0 saturated heterocycles. The van der Waals surface area contributed by atoms with Crippen LogP contribution in [-0.4, -0.2) is 31.6 Å². The Morgan fingerprint density at radius 1 is 1.38 bits per heavy atom. The number of carboxylic acid groups (broad SMARTS) is 1. The van der Waals surface area contributed by atoms with Gasteiger partial charge in [0, 0.05) is 30.4 Å². The third-order valence-corrected chi connectivity index (χ3v) is 5.41. The van der Waals surface area contributed by atoms with Gasteiger partial charge >= 0.3 is 5.97 Å². The summed E-state index contributed by atoms with van der Waals surface area (Å²) in [6.45, 7) is 2.03. The fourth-order valence-corrected chi connectivity index (χ4v) is 4.04. The van der Waals surface area contributed by atoms with Crippen LogP contribution in [-0.2, 0) is 0 Å². The van der Waals surface area contributed by atoms with E-state index in [0.29, 0.717) is 21.7 Å². The highest BCUT2D eigenvalue weighted by atomic mass is 35.5. The number of rotatable bonds is 2. The Morgan fingerprint density at radius 3 is 2.93 bits per heavy atom. The van der Waals surface area contributed by atoms with Gasteiger partial charge in [-0.25, -0.2) is 14.2 Å². The van der Waals surface area contributed by atoms with Gasteiger partial charge in [-0.05, 0) is 19.1 Å². The van der Waals surface area contributed by atoms with Gasteiger partial charge in [0.15, 0.2) is 11.4 Å². The van der Waals surface area contributed by atoms with Gasteiger partial charge in [0.1, 0.15) is 18.0 Å². The van der Waals surface area contributed by atoms with Gasteiger partial charge in [0.25, 0.3) is 0 Å². The monoisotopic (exact) mass is 413 g/mol. The van der Waals surface area contributed by atoms with Gasteiger partial charge in [-0.1, -0.05) is 11.6 Å². The Balaban J connectivity index is 1.91. The van der Waals surface area contributed by atoms with Crippen molar-refractivity contribution >= 4 is 34.1 Å². The molecule has 4 aromatic rings. The maximum absolute atomic E-state index is 15.2. The third kappa shape index (κ3) is 2.45. The molecule has 4 heterocycles. The highest BCUT2D eigenvalue weighted by Gasteiger charge is 2.28. The first-order valence-electron chi connectivity index (χ1n) is 8.77. The number of nitrogens with zero attached hydrogens (tertiary/aromatic N) is 3. The molecule has 1 aliphatic rings. The summed E-state index contributed by atoms with van der Waals surface area (Å²) >= 11 is 6.30. The molecule has 0 fully saturated rings. The molecule has 0 amide bonds. The van der Waals surface area contributed by atoms with Crippen LogP contribution in [0.15, 0.2) is 41.7 Å². The second-order valence-electron chi connectivity index (χ2n) is 6.94. The molecule has 1 atom stereocenters. The van der Waals surface area contributed by atoms with E-state index in [1.807, 2.05) is 6.92 Å². The summed E-state index contributed by atoms with van der Waals surface area (Å²) in [5.74, 6) is -1.88. The molecule has 7 nitrogen and oxygen atoms in total. The zero-order valence-corrected chi connectivity index (χ0v) is 15.8. The fraction of sp³-hybridized carbons (Fsp3) is 0.150. The number of hydrogen-bond acceptors (Lipinski definition) is 4. The Bertz CT molecular complexity index is 1410. The first-order chi connectivity index (χ1) is 13.9. The summed E-state index contributed by atoms with van der Waals surface area (Å²) in [4.78, 5) is 28.3. The van der Waals surface area contributed by atoms with Gasteiger partial charge in [-0.2, -0.15) is 0 Å². The van der Waals surface area contributed by atoms with Crippen LogP contribution in [0.25, 0.3) is 27.7 Å². The largest absolute Gasteiger partial charge is 0.488 e. The Morgan fingerprint density at radius 2 is 2.17 bits per heavy atom. The first-order valence-corrected chi connectivity index (χ1v) is 9.14. The van der Waals surface area contributed by atoms with E-state index in [2.05, 4.69) is 4.98 Å². The molecule has 0 radical (unpaired) electrons. The third-order valence-electron chi connectivity index (χ3n) is 5.13. The molecule has 1 aliphatic heterocycles. The van der Waals surface area contributed by atoms with Crippen molar-refractivity contribution in [2.75, 3.05) is 6.61 Å². The number of pyridine rings is 2. The summed E-state index contributed by atoms with van der Waals surface area (Å²) in [6.07, 6.45) is 6.23. The van der Waals surface area contributed by atoms with Crippen molar-refractivity contribution in [3.05, 3.63) is 63.5 Å². The van der Waals surface area contributed by atoms with E-state index in [1.165, 1.54) is 6.20 Å². The standard InChI is InChI=1S/C20H13ClFN3O4/c1-9-8-29-18-15(10-4-13(21)19-23-2-3-24(19)6-10)14(22)5-11-16(18)25(9)7-12(17(11)26)20(27)28/h2-7,9H,8H2,1H3,(H,27,28)/t9-/m0/s1. The number of carboxylic acids is 1. The molecular weight excluding hydrogens is 401 g/mol. The first kappa shape index (κ1) is 17.7. The highest BCUT2D eigenvalue weighted by molar-refractivity contribution is 6.33. The Hall–Kier alpha value is -3.39. The number of fused-ring (bicyclic) bond motifs is 1. The van der Waals surface area contributed by atoms with Gasteiger partial charge < -0.3 is 18.8 Å². The van der Waals surface area contributed by atoms with Gasteiger partial charge in [0.05, 0.1) is 27.5 Å². The van der Waals surface area contributed by atoms with Crippen molar-refractivity contribution in [2.45, 2.75) is 13.0 Å². The number of benzene rings is 1. The number of carbonyl (C=O) groups is 1. The van der Waals surface area contributed by atoms with Crippen molar-refractivity contribution in [3.63, 3.8) is 0 Å². The fourth-order valence-electron chi connectivity index (χ4n) is 3.77. The van der Waals surface area contributed by atoms with E-state index in [4.69, 9.17) is 16.3 Å². The molecule has 0 unspecified atom stereocenters. The predicted molar refractivity (Wildman–Crippen MR) is 105 cm³/mol. The number of aromatic nitrogens is 3. The average molecular weight is 414 g/mol. The number of imidazole rings is 1. The zero-order valence-electron chi connectivity index (χ0n) is 15.0. The van der Waals surface area contributed by atoms with E-state index in [0.717, 1.165) is 6.07 Å². The predicted octanol–water partition coefficient (Wildman–Crippen LogP) is 3.76. The summed E-state index contributed by atoms with van der Waals surface area (Å²) < 4.78 is 24.4. The van der Waals surface area contributed by atoms with Crippen LogP contribution >= 0.6 is 11.6 Å². The van der Waals surface area contributed by atoms with Gasteiger partial charge in [-0.3, -0.25) is 4.79 Å². The SMILES string of the molecule is C[C@H]1COc2c(-c3cc(Cl)c4nccn4c3)c(F)cc3c(=O)c(C(=O)O)cn1c23. The second-order valence-corrected chi connectivity index (χ2v) is 7.35. The van der Waals surface area contributed by atoms with E-state index in [-0.39, 0.29) is 29.3 Å². The molecule has 0 bridgehead atoms. The summed E-state index contributed by atoms with van der Waals surface area (Å²) in [5.41, 5.74) is 0.326. The number of hydrogen-bond donors (Lipinski definition) is 1. The van der Waals surface area contributed by atoms with Crippen LogP contribution in [0, 0.1) is 5.82 Å². The lowest BCUT2D eigenvalue weighted by molar-refractivity contribution is 0.0694. The minimum absolute atomic E-state index is 0.0393. The molecular formula is C20H13ClFN3O4. The maximum atomic E-state index is 15.2. The topological polar surface area (TPSA) is 85.8 Å². The molecule has 9 heteroatoms. The van der Waals surface area contributed by atoms with Crippen LogP contribution in [0.2, 0.25) is 5.02 Å². The van der Waals surface area contributed by atoms with Crippen LogP contribution in [0.5, 0.6) is 5.75 Å². The minimum Gasteiger partial charge on any atom is -0.488 e. The molecule has 29 heavy (non-hydrogen) atoms. The van der Waals surface area contributed by atoms with Crippen LogP contribution in [0.4, 0.5) is 4.39 Å². The van der Waals surface area contributed by atoms with Crippen LogP contribution in [0.1, 0.15) is 23.3 Å². The Labute approximate surface area is 167 Å². The summed E-state index contributed by atoms with van der Waals surface area (Å²) in [7, 11) is 0. The van der Waals surface area contributed by atoms with Gasteiger partial charge in [0.2, 0.25) is 5.43 Å². The molecule has 3 aromatic heterocycles. The van der Waals surface area contributed by atoms with Crippen molar-refractivity contribution in [1.82, 2.24) is 14.0 Å². The lowest BCUT2D eigenvalue weighted by Gasteiger charge is -2.28. The quantitative estimate of drug-likeness (QED) is 0.540. The van der Waals surface area contributed by atoms with Crippen molar-refractivity contribution in [2.24, 2.45) is 0 Å². The van der Waals surface area contributed by atoms with E-state index >= 15 is 4.39 Å². The Kier molecular flexibility index (Phi) is 3.69. The number of halogens is 2. The highest BCUT2D eigenvalue weighted by Crippen LogP contribution is 2.42. The molecule has 1 N–H and O–H groups in total. The zero-order chi connectivity index (χ0) is 20.4. The smallest absolute Gasteiger partial charge is 0.341 e. The van der Waals surface area contributed by atoms with E-state index in [1.54, 1.807) is 33.6 Å². The lowest BCUT2D eigenvalue weighted by Crippen LogP contribution is -2.27. The van der Waals surface area contributed by atoms with Crippen molar-refractivity contribution in [1.29, 1.82) is 0 Å². The summed E-state index contributed by atoms with van der Waals surface area (Å²) in [5, 5.41) is 9.67. The number of aromatic carboxylic acids is 1. The van der Waals surface area contributed by atoms with Crippen molar-refractivity contribution < 1.29 is 19.0 Å². The molecule has 1 aromatic carbocycles. The van der Waals surface area contributed by atoms with Gasteiger partial charge in [-0.15, -0.1) is 0 Å². The maximum Gasteiger partial charge on any atom is 0.341 e. The van der Waals surface area contributed by atoms with Crippen LogP contribution < -0.4 is 10.2 Å². The van der Waals surface area contributed by atoms with E-state index < -0.39 is 22.8 Å². The minimum atomic E-state index is -1.36. The molecule has 5 rings (SSSR count). The van der Waals surface area contributed by atoms with Crippen LogP contribution in [0.3, 0.4) is 0 Å². The molecule has 146 valence electrons.